The van der Waals surface area contributed by atoms with Crippen LogP contribution >= 0.6 is 23.1 Å². The fourth-order valence-electron chi connectivity index (χ4n) is 2.77. The molecule has 0 spiro atoms. The topological polar surface area (TPSA) is 117 Å². The number of carboxylic acids is 1. The Morgan fingerprint density at radius 3 is 2.93 bits per heavy atom. The van der Waals surface area contributed by atoms with Gasteiger partial charge in [0.25, 0.3) is 0 Å². The van der Waals surface area contributed by atoms with Gasteiger partial charge in [-0.25, -0.2) is 4.98 Å². The Labute approximate surface area is 176 Å². The lowest BCUT2D eigenvalue weighted by Gasteiger charge is -2.00. The van der Waals surface area contributed by atoms with Gasteiger partial charge in [0.05, 0.1) is 22.7 Å². The van der Waals surface area contributed by atoms with Crippen molar-refractivity contribution in [1.82, 2.24) is 15.3 Å². The number of hydrogen-bond donors (Lipinski definition) is 2. The van der Waals surface area contributed by atoms with E-state index in [1.807, 2.05) is 19.9 Å². The third-order valence-corrected chi connectivity index (χ3v) is 6.51. The average molecular weight is 432 g/mol. The predicted octanol–water partition coefficient (Wildman–Crippen LogP) is 3.25. The van der Waals surface area contributed by atoms with Crippen molar-refractivity contribution in [2.24, 2.45) is 10.2 Å². The standard InChI is InChI=1S/C19H21N5O3S2/c1-4-5-13-8-12(6-7-20-13)18-21-10(2)16(29-18)11(3)23-24-19-22-17(27)14(28-19)9-15(25)26/h6-8,14H,4-5,9H2,1-3H3,(H,25,26)(H,22,24,27). The van der Waals surface area contributed by atoms with Gasteiger partial charge >= 0.3 is 5.97 Å². The molecule has 2 N–H and O–H groups in total. The first-order valence-corrected chi connectivity index (χ1v) is 10.8. The Morgan fingerprint density at radius 1 is 1.41 bits per heavy atom. The molecule has 10 heteroatoms. The summed E-state index contributed by atoms with van der Waals surface area (Å²) < 4.78 is 0. The lowest BCUT2D eigenvalue weighted by Crippen LogP contribution is -2.26. The molecule has 2 aromatic rings. The van der Waals surface area contributed by atoms with Crippen molar-refractivity contribution < 1.29 is 14.7 Å². The molecular weight excluding hydrogens is 410 g/mol. The van der Waals surface area contributed by atoms with Gasteiger partial charge in [0, 0.05) is 17.5 Å². The van der Waals surface area contributed by atoms with E-state index in [-0.39, 0.29) is 12.3 Å². The molecule has 152 valence electrons. The van der Waals surface area contributed by atoms with Gasteiger partial charge in [-0.1, -0.05) is 25.1 Å². The number of aromatic nitrogens is 2. The summed E-state index contributed by atoms with van der Waals surface area (Å²) in [5, 5.41) is 20.2. The van der Waals surface area contributed by atoms with Crippen molar-refractivity contribution in [3.05, 3.63) is 34.6 Å². The minimum Gasteiger partial charge on any atom is -0.481 e. The zero-order valence-corrected chi connectivity index (χ0v) is 17.9. The summed E-state index contributed by atoms with van der Waals surface area (Å²) in [5.41, 5.74) is 3.60. The summed E-state index contributed by atoms with van der Waals surface area (Å²) in [6.45, 7) is 5.88. The van der Waals surface area contributed by atoms with Gasteiger partial charge in [-0.3, -0.25) is 14.6 Å². The number of carbonyl (C=O) groups is 2. The number of nitrogens with one attached hydrogen (secondary N) is 1. The molecule has 3 heterocycles. The van der Waals surface area contributed by atoms with E-state index in [2.05, 4.69) is 38.5 Å². The normalized spacial score (nSPS) is 18.3. The van der Waals surface area contributed by atoms with E-state index < -0.39 is 11.2 Å². The van der Waals surface area contributed by atoms with Gasteiger partial charge in [-0.15, -0.1) is 16.4 Å². The predicted molar refractivity (Wildman–Crippen MR) is 115 cm³/mol. The molecule has 29 heavy (non-hydrogen) atoms. The van der Waals surface area contributed by atoms with Gasteiger partial charge in [-0.2, -0.15) is 5.10 Å². The van der Waals surface area contributed by atoms with E-state index in [4.69, 9.17) is 5.11 Å². The quantitative estimate of drug-likeness (QED) is 0.513. The van der Waals surface area contributed by atoms with Crippen LogP contribution in [0.5, 0.6) is 0 Å². The number of thiazole rings is 1. The van der Waals surface area contributed by atoms with E-state index >= 15 is 0 Å². The average Bonchev–Trinajstić information content (AvgIpc) is 3.23. The van der Waals surface area contributed by atoms with Crippen molar-refractivity contribution in [3.8, 4) is 10.6 Å². The number of carboxylic acid groups (broad SMARTS) is 1. The lowest BCUT2D eigenvalue weighted by molar-refractivity contribution is -0.138. The van der Waals surface area contributed by atoms with E-state index in [1.165, 1.54) is 11.3 Å². The largest absolute Gasteiger partial charge is 0.481 e. The second-order valence-corrected chi connectivity index (χ2v) is 8.69. The molecule has 0 saturated carbocycles. The number of aryl methyl sites for hydroxylation is 2. The Bertz CT molecular complexity index is 999. The van der Waals surface area contributed by atoms with Crippen molar-refractivity contribution in [1.29, 1.82) is 0 Å². The van der Waals surface area contributed by atoms with Crippen LogP contribution in [-0.4, -0.2) is 43.1 Å². The van der Waals surface area contributed by atoms with Crippen LogP contribution < -0.4 is 5.32 Å². The van der Waals surface area contributed by atoms with Gasteiger partial charge in [0.2, 0.25) is 5.91 Å². The number of rotatable bonds is 7. The van der Waals surface area contributed by atoms with E-state index in [0.29, 0.717) is 10.9 Å². The maximum Gasteiger partial charge on any atom is 0.305 e. The van der Waals surface area contributed by atoms with Gasteiger partial charge in [0.15, 0.2) is 5.17 Å². The summed E-state index contributed by atoms with van der Waals surface area (Å²) in [4.78, 5) is 32.5. The van der Waals surface area contributed by atoms with Gasteiger partial charge in [0.1, 0.15) is 10.3 Å². The van der Waals surface area contributed by atoms with Crippen LogP contribution in [0, 0.1) is 6.92 Å². The van der Waals surface area contributed by atoms with E-state index in [0.717, 1.165) is 51.4 Å². The van der Waals surface area contributed by atoms with Crippen molar-refractivity contribution in [3.63, 3.8) is 0 Å². The van der Waals surface area contributed by atoms with Gasteiger partial charge < -0.3 is 10.4 Å². The highest BCUT2D eigenvalue weighted by atomic mass is 32.2. The summed E-state index contributed by atoms with van der Waals surface area (Å²) in [6, 6.07) is 4.01. The summed E-state index contributed by atoms with van der Waals surface area (Å²) in [7, 11) is 0. The number of carbonyl (C=O) groups excluding carboxylic acids is 1. The molecule has 1 aliphatic heterocycles. The summed E-state index contributed by atoms with van der Waals surface area (Å²) in [5.74, 6) is -1.38. The van der Waals surface area contributed by atoms with E-state index in [1.54, 1.807) is 6.20 Å². The highest BCUT2D eigenvalue weighted by molar-refractivity contribution is 8.15. The molecule has 8 nitrogen and oxygen atoms in total. The zero-order valence-electron chi connectivity index (χ0n) is 16.3. The highest BCUT2D eigenvalue weighted by Gasteiger charge is 2.32. The minimum atomic E-state index is -1.02. The fourth-order valence-corrected chi connectivity index (χ4v) is 4.68. The molecule has 1 amide bonds. The van der Waals surface area contributed by atoms with Crippen molar-refractivity contribution >= 4 is 45.9 Å². The molecule has 1 aliphatic rings. The number of hydrogen-bond acceptors (Lipinski definition) is 8. The first-order valence-electron chi connectivity index (χ1n) is 9.12. The number of pyridine rings is 1. The molecular formula is C19H21N5O3S2. The number of nitrogens with zero attached hydrogens (tertiary/aromatic N) is 4. The Balaban J connectivity index is 1.78. The van der Waals surface area contributed by atoms with Crippen LogP contribution in [0.25, 0.3) is 10.6 Å². The third kappa shape index (κ3) is 5.27. The Kier molecular flexibility index (Phi) is 6.75. The molecule has 0 aliphatic carbocycles. The Hall–Kier alpha value is -2.59. The highest BCUT2D eigenvalue weighted by Crippen LogP contribution is 2.29. The van der Waals surface area contributed by atoms with Gasteiger partial charge in [-0.05, 0) is 32.4 Å². The second kappa shape index (κ2) is 9.27. The third-order valence-electron chi connectivity index (χ3n) is 4.12. The molecule has 3 rings (SSSR count). The van der Waals surface area contributed by atoms with Crippen LogP contribution in [-0.2, 0) is 16.0 Å². The Morgan fingerprint density at radius 2 is 2.21 bits per heavy atom. The van der Waals surface area contributed by atoms with Crippen molar-refractivity contribution in [2.75, 3.05) is 0 Å². The SMILES string of the molecule is CCCc1cc(-c2nc(C)c(C(C)=NN=C3NC(=O)C(CC(=O)O)S3)s2)ccn1. The molecule has 2 aromatic heterocycles. The molecule has 0 aromatic carbocycles. The molecule has 1 saturated heterocycles. The minimum absolute atomic E-state index is 0.249. The fraction of sp³-hybridized carbons (Fsp3) is 0.368. The number of thioether (sulfide) groups is 1. The molecule has 1 unspecified atom stereocenters. The number of amides is 1. The van der Waals surface area contributed by atoms with E-state index in [9.17, 15) is 9.59 Å². The van der Waals surface area contributed by atoms with Crippen molar-refractivity contribution in [2.45, 2.75) is 45.3 Å². The number of amidine groups is 1. The van der Waals surface area contributed by atoms with Crippen LogP contribution in [0.15, 0.2) is 28.5 Å². The van der Waals surface area contributed by atoms with Crippen LogP contribution in [0.3, 0.4) is 0 Å². The molecule has 0 bridgehead atoms. The summed E-state index contributed by atoms with van der Waals surface area (Å²) in [6.07, 6.45) is 3.51. The molecule has 1 atom stereocenters. The van der Waals surface area contributed by atoms with Crippen LogP contribution in [0.4, 0.5) is 0 Å². The monoisotopic (exact) mass is 431 g/mol. The first kappa shape index (κ1) is 21.1. The number of aliphatic carboxylic acids is 1. The molecule has 0 radical (unpaired) electrons. The molecule has 1 fully saturated rings. The second-order valence-electron chi connectivity index (χ2n) is 6.50. The zero-order chi connectivity index (χ0) is 21.0. The summed E-state index contributed by atoms with van der Waals surface area (Å²) >= 11 is 2.61. The van der Waals surface area contributed by atoms with Crippen LogP contribution in [0.2, 0.25) is 0 Å². The maximum absolute atomic E-state index is 11.8. The van der Waals surface area contributed by atoms with Crippen LogP contribution in [0.1, 0.15) is 43.0 Å². The first-order chi connectivity index (χ1) is 13.9. The smallest absolute Gasteiger partial charge is 0.305 e. The maximum atomic E-state index is 11.8. The lowest BCUT2D eigenvalue weighted by atomic mass is 10.2.